The average Bonchev–Trinajstić information content (AvgIpc) is 2.48. The molecule has 130 valence electrons. The lowest BCUT2D eigenvalue weighted by Crippen LogP contribution is -2.05. The normalized spacial score (nSPS) is 10.1. The fraction of sp³-hybridized carbons (Fsp3) is 0.824. The largest absolute Gasteiger partial charge is 0.491 e. The van der Waals surface area contributed by atoms with E-state index in [0.29, 0.717) is 25.8 Å². The van der Waals surface area contributed by atoms with Crippen LogP contribution in [0.1, 0.15) is 72.1 Å². The van der Waals surface area contributed by atoms with Gasteiger partial charge < -0.3 is 19.3 Å². The van der Waals surface area contributed by atoms with Crippen molar-refractivity contribution < 1.29 is 24.1 Å². The van der Waals surface area contributed by atoms with Gasteiger partial charge in [0, 0.05) is 12.8 Å². The smallest absolute Gasteiger partial charge is 0.318 e. The number of hydrogen-bond donors (Lipinski definition) is 1. The number of carboxylic acids is 1. The summed E-state index contributed by atoms with van der Waals surface area (Å²) in [6, 6.07) is 0. The number of allylic oxidation sites excluding steroid dienone is 1. The Morgan fingerprint density at radius 2 is 1.18 bits per heavy atom. The first-order valence-electron chi connectivity index (χ1n) is 8.48. The van der Waals surface area contributed by atoms with Crippen molar-refractivity contribution in [2.24, 2.45) is 0 Å². The highest BCUT2D eigenvalue weighted by Crippen LogP contribution is 2.18. The molecule has 0 aliphatic carbocycles. The SMILES string of the molecule is CCOC(CCCCCCCCC(=O)O)=C(OCC)OCC. The summed E-state index contributed by atoms with van der Waals surface area (Å²) in [5, 5.41) is 8.56. The lowest BCUT2D eigenvalue weighted by molar-refractivity contribution is -0.137. The minimum Gasteiger partial charge on any atom is -0.491 e. The third-order valence-corrected chi connectivity index (χ3v) is 3.14. The Morgan fingerprint density at radius 3 is 1.64 bits per heavy atom. The number of aliphatic carboxylic acids is 1. The van der Waals surface area contributed by atoms with Crippen molar-refractivity contribution in [3.05, 3.63) is 11.7 Å². The zero-order chi connectivity index (χ0) is 16.6. The summed E-state index contributed by atoms with van der Waals surface area (Å²) >= 11 is 0. The molecule has 5 heteroatoms. The van der Waals surface area contributed by atoms with Gasteiger partial charge in [-0.25, -0.2) is 0 Å². The second kappa shape index (κ2) is 14.5. The third-order valence-electron chi connectivity index (χ3n) is 3.14. The lowest BCUT2D eigenvalue weighted by atomic mass is 10.1. The van der Waals surface area contributed by atoms with Gasteiger partial charge in [-0.15, -0.1) is 0 Å². The van der Waals surface area contributed by atoms with E-state index in [2.05, 4.69) is 0 Å². The third kappa shape index (κ3) is 11.3. The molecule has 0 aliphatic rings. The van der Waals surface area contributed by atoms with Crippen LogP contribution in [-0.4, -0.2) is 30.9 Å². The monoisotopic (exact) mass is 316 g/mol. The summed E-state index contributed by atoms with van der Waals surface area (Å²) in [7, 11) is 0. The predicted octanol–water partition coefficient (Wildman–Crippen LogP) is 4.47. The molecule has 0 amide bonds. The molecule has 22 heavy (non-hydrogen) atoms. The summed E-state index contributed by atoms with van der Waals surface area (Å²) < 4.78 is 16.7. The number of carboxylic acid groups (broad SMARTS) is 1. The Morgan fingerprint density at radius 1 is 0.727 bits per heavy atom. The number of ether oxygens (including phenoxy) is 3. The van der Waals surface area contributed by atoms with Crippen molar-refractivity contribution in [2.45, 2.75) is 72.1 Å². The fourth-order valence-electron chi connectivity index (χ4n) is 2.14. The lowest BCUT2D eigenvalue weighted by Gasteiger charge is -2.15. The van der Waals surface area contributed by atoms with Crippen LogP contribution < -0.4 is 0 Å². The van der Waals surface area contributed by atoms with Crippen molar-refractivity contribution in [1.29, 1.82) is 0 Å². The van der Waals surface area contributed by atoms with Gasteiger partial charge in [0.1, 0.15) is 0 Å². The van der Waals surface area contributed by atoms with Crippen LogP contribution in [0, 0.1) is 0 Å². The summed E-state index contributed by atoms with van der Waals surface area (Å²) in [5.41, 5.74) is 0. The van der Waals surface area contributed by atoms with Gasteiger partial charge in [0.05, 0.1) is 19.8 Å². The Hall–Kier alpha value is -1.39. The summed E-state index contributed by atoms with van der Waals surface area (Å²) in [4.78, 5) is 10.4. The molecule has 0 saturated carbocycles. The van der Waals surface area contributed by atoms with Crippen molar-refractivity contribution in [2.75, 3.05) is 19.8 Å². The van der Waals surface area contributed by atoms with Gasteiger partial charge in [-0.05, 0) is 33.6 Å². The molecular weight excluding hydrogens is 284 g/mol. The van der Waals surface area contributed by atoms with Crippen LogP contribution in [-0.2, 0) is 19.0 Å². The number of rotatable bonds is 15. The van der Waals surface area contributed by atoms with E-state index < -0.39 is 5.97 Å². The van der Waals surface area contributed by atoms with Gasteiger partial charge in [0.2, 0.25) is 0 Å². The van der Waals surface area contributed by atoms with E-state index in [0.717, 1.165) is 50.7 Å². The van der Waals surface area contributed by atoms with E-state index >= 15 is 0 Å². The van der Waals surface area contributed by atoms with Crippen LogP contribution in [0.2, 0.25) is 0 Å². The maximum atomic E-state index is 10.4. The van der Waals surface area contributed by atoms with E-state index in [-0.39, 0.29) is 6.42 Å². The minimum atomic E-state index is -0.703. The summed E-state index contributed by atoms with van der Waals surface area (Å²) in [6.45, 7) is 7.55. The average molecular weight is 316 g/mol. The second-order valence-electron chi connectivity index (χ2n) is 5.02. The van der Waals surface area contributed by atoms with E-state index in [1.54, 1.807) is 0 Å². The molecule has 0 atom stereocenters. The van der Waals surface area contributed by atoms with Gasteiger partial charge in [-0.1, -0.05) is 25.7 Å². The Kier molecular flexibility index (Phi) is 13.6. The predicted molar refractivity (Wildman–Crippen MR) is 86.5 cm³/mol. The van der Waals surface area contributed by atoms with E-state index in [4.69, 9.17) is 19.3 Å². The zero-order valence-electron chi connectivity index (χ0n) is 14.4. The molecule has 0 aromatic heterocycles. The standard InChI is InChI=1S/C17H32O5/c1-4-20-15(17(21-5-2)22-6-3)13-11-9-7-8-10-12-14-16(18)19/h4-14H2,1-3H3,(H,18,19). The highest BCUT2D eigenvalue weighted by atomic mass is 16.7. The molecule has 0 heterocycles. The zero-order valence-corrected chi connectivity index (χ0v) is 14.4. The van der Waals surface area contributed by atoms with Gasteiger partial charge in [0.25, 0.3) is 0 Å². The molecule has 0 spiro atoms. The number of unbranched alkanes of at least 4 members (excludes halogenated alkanes) is 5. The molecule has 0 bridgehead atoms. The van der Waals surface area contributed by atoms with E-state index in [1.165, 1.54) is 0 Å². The molecule has 0 aromatic rings. The van der Waals surface area contributed by atoms with Crippen molar-refractivity contribution in [3.8, 4) is 0 Å². The van der Waals surface area contributed by atoms with E-state index in [9.17, 15) is 4.79 Å². The van der Waals surface area contributed by atoms with Crippen LogP contribution in [0.25, 0.3) is 0 Å². The van der Waals surface area contributed by atoms with Crippen LogP contribution in [0.15, 0.2) is 11.7 Å². The van der Waals surface area contributed by atoms with Crippen molar-refractivity contribution >= 4 is 5.97 Å². The Bertz CT molecular complexity index is 304. The fourth-order valence-corrected chi connectivity index (χ4v) is 2.14. The summed E-state index contributed by atoms with van der Waals surface area (Å²) in [5.74, 6) is 0.622. The first kappa shape index (κ1) is 20.6. The van der Waals surface area contributed by atoms with Crippen LogP contribution >= 0.6 is 0 Å². The highest BCUT2D eigenvalue weighted by Gasteiger charge is 2.11. The van der Waals surface area contributed by atoms with Gasteiger partial charge in [0.15, 0.2) is 5.76 Å². The van der Waals surface area contributed by atoms with Crippen LogP contribution in [0.5, 0.6) is 0 Å². The molecular formula is C17H32O5. The topological polar surface area (TPSA) is 65.0 Å². The minimum absolute atomic E-state index is 0.281. The molecule has 1 N–H and O–H groups in total. The van der Waals surface area contributed by atoms with Gasteiger partial charge in [-0.2, -0.15) is 0 Å². The quantitative estimate of drug-likeness (QED) is 0.357. The molecule has 0 aliphatic heterocycles. The molecule has 0 rings (SSSR count). The molecule has 0 radical (unpaired) electrons. The molecule has 5 nitrogen and oxygen atoms in total. The highest BCUT2D eigenvalue weighted by molar-refractivity contribution is 5.66. The molecule has 0 unspecified atom stereocenters. The maximum absolute atomic E-state index is 10.4. The van der Waals surface area contributed by atoms with Crippen molar-refractivity contribution in [1.82, 2.24) is 0 Å². The van der Waals surface area contributed by atoms with Crippen molar-refractivity contribution in [3.63, 3.8) is 0 Å². The first-order chi connectivity index (χ1) is 10.7. The molecule has 0 saturated heterocycles. The summed E-state index contributed by atoms with van der Waals surface area (Å²) in [6.07, 6.45) is 7.21. The van der Waals surface area contributed by atoms with Gasteiger partial charge >= 0.3 is 11.9 Å². The van der Waals surface area contributed by atoms with E-state index in [1.807, 2.05) is 20.8 Å². The first-order valence-corrected chi connectivity index (χ1v) is 8.48. The second-order valence-corrected chi connectivity index (χ2v) is 5.02. The molecule has 0 fully saturated rings. The maximum Gasteiger partial charge on any atom is 0.318 e. The number of hydrogen-bond acceptors (Lipinski definition) is 4. The van der Waals surface area contributed by atoms with Gasteiger partial charge in [-0.3, -0.25) is 4.79 Å². The van der Waals surface area contributed by atoms with Crippen LogP contribution in [0.3, 0.4) is 0 Å². The molecule has 0 aromatic carbocycles. The number of carbonyl (C=O) groups is 1. The Labute approximate surface area is 134 Å². The van der Waals surface area contributed by atoms with Crippen LogP contribution in [0.4, 0.5) is 0 Å². The Balaban J connectivity index is 3.98.